The molecule has 0 aromatic heterocycles. The maximum Gasteiger partial charge on any atom is 0.232 e. The first kappa shape index (κ1) is 39.7. The van der Waals surface area contributed by atoms with Gasteiger partial charge in [-0.25, -0.2) is 8.42 Å². The summed E-state index contributed by atoms with van der Waals surface area (Å²) in [5.41, 5.74) is 8.88. The quantitative estimate of drug-likeness (QED) is 0.110. The third kappa shape index (κ3) is 11.0. The Bertz CT molecular complexity index is 1960. The van der Waals surface area contributed by atoms with Crippen LogP contribution in [0.3, 0.4) is 0 Å². The third-order valence-corrected chi connectivity index (χ3v) is 10.8. The Hall–Kier alpha value is -4.08. The van der Waals surface area contributed by atoms with E-state index in [1.807, 2.05) is 73.7 Å². The second-order valence-corrected chi connectivity index (χ2v) is 16.4. The number of anilines is 1. The van der Waals surface area contributed by atoms with E-state index in [1.165, 1.54) is 11.1 Å². The van der Waals surface area contributed by atoms with Gasteiger partial charge in [-0.3, -0.25) is 9.59 Å². The first-order chi connectivity index (χ1) is 23.7. The van der Waals surface area contributed by atoms with Crippen LogP contribution in [0.4, 0.5) is 5.69 Å². The molecule has 51 heavy (non-hydrogen) atoms. The van der Waals surface area contributed by atoms with E-state index in [0.717, 1.165) is 47.1 Å². The Balaban J connectivity index is 0.00000583. The normalized spacial score (nSPS) is 15.3. The Morgan fingerprint density at radius 2 is 1.57 bits per heavy atom. The molecule has 1 amide bonds. The fourth-order valence-electron chi connectivity index (χ4n) is 6.70. The molecule has 1 aliphatic rings. The van der Waals surface area contributed by atoms with Crippen LogP contribution in [0, 0.1) is 18.3 Å². The maximum absolute atomic E-state index is 14.0. The van der Waals surface area contributed by atoms with Gasteiger partial charge >= 0.3 is 0 Å². The molecular weight excluding hydrogens is 680 g/mol. The maximum atomic E-state index is 14.0. The van der Waals surface area contributed by atoms with Crippen LogP contribution >= 0.6 is 11.6 Å². The Morgan fingerprint density at radius 1 is 0.922 bits per heavy atom. The number of amides is 1. The highest BCUT2D eigenvalue weighted by molar-refractivity contribution is 7.85. The van der Waals surface area contributed by atoms with Gasteiger partial charge in [-0.15, -0.1) is 0 Å². The zero-order valence-electron chi connectivity index (χ0n) is 30.2. The largest absolute Gasteiger partial charge is 0.748 e. The minimum absolute atomic E-state index is 0. The van der Waals surface area contributed by atoms with Crippen LogP contribution in [0.15, 0.2) is 97.1 Å². The number of hydrogen-bond donors (Lipinski definition) is 2. The van der Waals surface area contributed by atoms with Gasteiger partial charge in [0.25, 0.3) is 0 Å². The summed E-state index contributed by atoms with van der Waals surface area (Å²) in [6.45, 7) is 8.94. The molecule has 7 nitrogen and oxygen atoms in total. The van der Waals surface area contributed by atoms with Crippen molar-refractivity contribution in [3.63, 3.8) is 0 Å². The predicted molar refractivity (Wildman–Crippen MR) is 208 cm³/mol. The standard InChI is InChI=1S/C42H46ClNO5S.H3N/c1-28-26-36(43)21-24-38(28)32-17-22-37(23-18-32)44-41(46)39(27-29-7-9-34(10-8-29)40(45)6-5-25-50(47,48)49)33-13-11-30(12-14-33)31-15-19-35(20-16-31)42(2,3)4;/h7-15,17-18,21-24,26,35,39H,5-6,16,19-20,25,27H2,1-4H3,(H,44,46)(H,47,48,49);1H3/t35-,39+;/m0./s1. The fraction of sp³-hybridized carbons (Fsp3) is 0.333. The lowest BCUT2D eigenvalue weighted by Crippen LogP contribution is -2.23. The van der Waals surface area contributed by atoms with Crippen molar-refractivity contribution in [2.75, 3.05) is 11.1 Å². The number of allylic oxidation sites excluding steroid dienone is 2. The fourth-order valence-corrected chi connectivity index (χ4v) is 7.43. The Kier molecular flexibility index (Phi) is 13.2. The van der Waals surface area contributed by atoms with Gasteiger partial charge in [0, 0.05) is 28.4 Å². The number of quaternary nitrogens is 1. The zero-order valence-corrected chi connectivity index (χ0v) is 31.7. The van der Waals surface area contributed by atoms with Gasteiger partial charge in [-0.05, 0) is 114 Å². The van der Waals surface area contributed by atoms with E-state index in [0.29, 0.717) is 28.6 Å². The monoisotopic (exact) mass is 728 g/mol. The number of Topliss-reactive ketones (excluding diaryl/α,β-unsaturated/α-hetero) is 1. The van der Waals surface area contributed by atoms with E-state index in [-0.39, 0.29) is 36.1 Å². The molecule has 0 spiro atoms. The van der Waals surface area contributed by atoms with E-state index < -0.39 is 21.8 Å². The summed E-state index contributed by atoms with van der Waals surface area (Å²) >= 11 is 6.15. The minimum atomic E-state index is -4.36. The van der Waals surface area contributed by atoms with Crippen LogP contribution in [0.5, 0.6) is 0 Å². The summed E-state index contributed by atoms with van der Waals surface area (Å²) in [7, 11) is -4.36. The molecule has 0 bridgehead atoms. The van der Waals surface area contributed by atoms with Gasteiger partial charge in [0.15, 0.2) is 5.78 Å². The second kappa shape index (κ2) is 17.0. The van der Waals surface area contributed by atoms with E-state index in [4.69, 9.17) is 11.6 Å². The number of benzene rings is 4. The molecule has 0 saturated carbocycles. The highest BCUT2D eigenvalue weighted by atomic mass is 35.5. The van der Waals surface area contributed by atoms with Crippen LogP contribution in [0.1, 0.15) is 91.4 Å². The van der Waals surface area contributed by atoms with E-state index >= 15 is 0 Å². The van der Waals surface area contributed by atoms with Crippen molar-refractivity contribution in [1.29, 1.82) is 0 Å². The van der Waals surface area contributed by atoms with Crippen LogP contribution in [0.25, 0.3) is 16.7 Å². The number of hydrogen-bond acceptors (Lipinski definition) is 5. The second-order valence-electron chi connectivity index (χ2n) is 14.5. The van der Waals surface area contributed by atoms with Gasteiger partial charge < -0.3 is 16.0 Å². The highest BCUT2D eigenvalue weighted by Crippen LogP contribution is 2.40. The Morgan fingerprint density at radius 3 is 2.14 bits per heavy atom. The molecule has 0 heterocycles. The first-order valence-corrected chi connectivity index (χ1v) is 19.1. The Labute approximate surface area is 307 Å². The lowest BCUT2D eigenvalue weighted by Gasteiger charge is -2.33. The lowest BCUT2D eigenvalue weighted by atomic mass is 9.72. The highest BCUT2D eigenvalue weighted by Gasteiger charge is 2.27. The molecule has 270 valence electrons. The summed E-state index contributed by atoms with van der Waals surface area (Å²) < 4.78 is 32.8. The topological polar surface area (TPSA) is 140 Å². The molecule has 4 aromatic rings. The molecule has 9 heteroatoms. The molecule has 5 N–H and O–H groups in total. The SMILES string of the molecule is Cc1cc(Cl)ccc1-c1ccc(NC(=O)[C@H](Cc2ccc(C(=O)CCCS(=O)(=O)[O-])cc2)c2ccc(C3=CC[C@H](C(C)(C)C)CC3)cc2)cc1.[NH4+]. The van der Waals surface area contributed by atoms with Gasteiger partial charge in [-0.1, -0.05) is 105 Å². The van der Waals surface area contributed by atoms with Crippen molar-refractivity contribution in [2.45, 2.75) is 72.1 Å². The van der Waals surface area contributed by atoms with Gasteiger partial charge in [0.05, 0.1) is 16.0 Å². The van der Waals surface area contributed by atoms with Crippen LogP contribution in [-0.2, 0) is 21.3 Å². The molecule has 1 aliphatic carbocycles. The molecule has 5 rings (SSSR count). The average molecular weight is 729 g/mol. The molecule has 0 radical (unpaired) electrons. The van der Waals surface area contributed by atoms with Crippen LogP contribution < -0.4 is 11.5 Å². The molecule has 0 fully saturated rings. The van der Waals surface area contributed by atoms with Crippen molar-refractivity contribution in [2.24, 2.45) is 11.3 Å². The smallest absolute Gasteiger partial charge is 0.232 e. The molecule has 0 aliphatic heterocycles. The van der Waals surface area contributed by atoms with E-state index in [2.05, 4.69) is 44.3 Å². The zero-order chi connectivity index (χ0) is 36.1. The number of carbonyl (C=O) groups is 2. The number of halogens is 1. The van der Waals surface area contributed by atoms with Crippen molar-refractivity contribution in [1.82, 2.24) is 6.15 Å². The summed E-state index contributed by atoms with van der Waals surface area (Å²) in [5, 5.41) is 3.81. The number of nitrogens with one attached hydrogen (secondary N) is 1. The molecule has 2 atom stereocenters. The predicted octanol–water partition coefficient (Wildman–Crippen LogP) is 10.4. The van der Waals surface area contributed by atoms with E-state index in [9.17, 15) is 22.6 Å². The van der Waals surface area contributed by atoms with Gasteiger partial charge in [0.2, 0.25) is 5.91 Å². The first-order valence-electron chi connectivity index (χ1n) is 17.2. The number of carbonyl (C=O) groups excluding carboxylic acids is 2. The van der Waals surface area contributed by atoms with E-state index in [1.54, 1.807) is 12.1 Å². The van der Waals surface area contributed by atoms with Crippen molar-refractivity contribution < 1.29 is 22.6 Å². The van der Waals surface area contributed by atoms with Crippen LogP contribution in [0.2, 0.25) is 5.02 Å². The van der Waals surface area contributed by atoms with Crippen molar-refractivity contribution in [3.8, 4) is 11.1 Å². The number of rotatable bonds is 12. The summed E-state index contributed by atoms with van der Waals surface area (Å²) in [5.74, 6) is -0.773. The number of aryl methyl sites for hydroxylation is 1. The van der Waals surface area contributed by atoms with Crippen molar-refractivity contribution >= 4 is 44.7 Å². The third-order valence-electron chi connectivity index (χ3n) is 9.80. The van der Waals surface area contributed by atoms with Gasteiger partial charge in [0.1, 0.15) is 0 Å². The molecule has 4 aromatic carbocycles. The van der Waals surface area contributed by atoms with Crippen molar-refractivity contribution in [3.05, 3.63) is 130 Å². The van der Waals surface area contributed by atoms with Gasteiger partial charge in [-0.2, -0.15) is 0 Å². The molecule has 0 saturated heterocycles. The minimum Gasteiger partial charge on any atom is -0.748 e. The summed E-state index contributed by atoms with van der Waals surface area (Å²) in [4.78, 5) is 26.6. The summed E-state index contributed by atoms with van der Waals surface area (Å²) in [6, 6.07) is 28.9. The lowest BCUT2D eigenvalue weighted by molar-refractivity contribution is -0.117. The van der Waals surface area contributed by atoms with Crippen LogP contribution in [-0.4, -0.2) is 30.4 Å². The number of ketones is 1. The summed E-state index contributed by atoms with van der Waals surface area (Å²) in [6.07, 6.45) is 6.00. The average Bonchev–Trinajstić information content (AvgIpc) is 3.07. The molecule has 0 unspecified atom stereocenters. The molecular formula is C42H49ClN2O5S.